The van der Waals surface area contributed by atoms with Crippen LogP contribution < -0.4 is 10.6 Å². The molecule has 1 aromatic carbocycles. The standard InChI is InChI=1S/C12H19N3OS/c1-13-12(14-2)15-8-9-17(16)10-11-6-4-3-5-7-11/h3-7H,8-10H2,1-2H3,(H2,13,14,15). The molecule has 0 aliphatic heterocycles. The molecule has 0 saturated heterocycles. The zero-order valence-electron chi connectivity index (χ0n) is 10.3. The van der Waals surface area contributed by atoms with E-state index in [0.717, 1.165) is 11.5 Å². The van der Waals surface area contributed by atoms with Gasteiger partial charge in [-0.05, 0) is 5.56 Å². The van der Waals surface area contributed by atoms with Gasteiger partial charge in [-0.2, -0.15) is 0 Å². The highest BCUT2D eigenvalue weighted by molar-refractivity contribution is 7.84. The second-order valence-corrected chi connectivity index (χ2v) is 5.10. The summed E-state index contributed by atoms with van der Waals surface area (Å²) >= 11 is 0. The summed E-state index contributed by atoms with van der Waals surface area (Å²) in [6.45, 7) is 0.660. The van der Waals surface area contributed by atoms with Crippen LogP contribution in [0.4, 0.5) is 0 Å². The van der Waals surface area contributed by atoms with Crippen LogP contribution in [0.2, 0.25) is 0 Å². The summed E-state index contributed by atoms with van der Waals surface area (Å²) in [4.78, 5) is 3.98. The molecule has 0 fully saturated rings. The summed E-state index contributed by atoms with van der Waals surface area (Å²) < 4.78 is 11.8. The largest absolute Gasteiger partial charge is 0.359 e. The van der Waals surface area contributed by atoms with E-state index in [9.17, 15) is 4.21 Å². The Balaban J connectivity index is 2.27. The van der Waals surface area contributed by atoms with Crippen LogP contribution in [0.1, 0.15) is 5.56 Å². The zero-order chi connectivity index (χ0) is 12.5. The Labute approximate surface area is 105 Å². The highest BCUT2D eigenvalue weighted by Gasteiger charge is 2.01. The third-order valence-corrected chi connectivity index (χ3v) is 3.57. The van der Waals surface area contributed by atoms with Gasteiger partial charge in [0.05, 0.1) is 0 Å². The number of nitrogens with one attached hydrogen (secondary N) is 2. The Morgan fingerprint density at radius 1 is 1.35 bits per heavy atom. The lowest BCUT2D eigenvalue weighted by molar-refractivity contribution is 0.681. The molecule has 4 nitrogen and oxygen atoms in total. The zero-order valence-corrected chi connectivity index (χ0v) is 11.1. The van der Waals surface area contributed by atoms with E-state index in [1.165, 1.54) is 0 Å². The summed E-state index contributed by atoms with van der Waals surface area (Å²) in [6.07, 6.45) is 0. The van der Waals surface area contributed by atoms with Crippen LogP contribution in [0.25, 0.3) is 0 Å². The molecule has 1 atom stereocenters. The summed E-state index contributed by atoms with van der Waals surface area (Å²) in [5.41, 5.74) is 1.11. The van der Waals surface area contributed by atoms with E-state index in [2.05, 4.69) is 15.6 Å². The second-order valence-electron chi connectivity index (χ2n) is 3.52. The molecular weight excluding hydrogens is 234 g/mol. The molecule has 0 aromatic heterocycles. The molecule has 5 heteroatoms. The first-order valence-corrected chi connectivity index (χ1v) is 7.02. The van der Waals surface area contributed by atoms with Crippen LogP contribution in [0, 0.1) is 0 Å². The lowest BCUT2D eigenvalue weighted by Crippen LogP contribution is -2.36. The fourth-order valence-corrected chi connectivity index (χ4v) is 2.43. The number of aliphatic imine (C=N–C) groups is 1. The van der Waals surface area contributed by atoms with E-state index >= 15 is 0 Å². The van der Waals surface area contributed by atoms with Gasteiger partial charge in [0.2, 0.25) is 0 Å². The fraction of sp³-hybridized carbons (Fsp3) is 0.417. The monoisotopic (exact) mass is 253 g/mol. The molecule has 0 amide bonds. The Kier molecular flexibility index (Phi) is 6.32. The van der Waals surface area contributed by atoms with Gasteiger partial charge in [-0.15, -0.1) is 0 Å². The van der Waals surface area contributed by atoms with Crippen LogP contribution in [-0.2, 0) is 16.6 Å². The average molecular weight is 253 g/mol. The highest BCUT2D eigenvalue weighted by Crippen LogP contribution is 2.02. The molecular formula is C12H19N3OS. The predicted molar refractivity (Wildman–Crippen MR) is 73.6 cm³/mol. The smallest absolute Gasteiger partial charge is 0.190 e. The van der Waals surface area contributed by atoms with Crippen molar-refractivity contribution in [3.8, 4) is 0 Å². The minimum Gasteiger partial charge on any atom is -0.359 e. The van der Waals surface area contributed by atoms with Crippen LogP contribution in [0.15, 0.2) is 35.3 Å². The molecule has 0 radical (unpaired) electrons. The van der Waals surface area contributed by atoms with Gasteiger partial charge in [0, 0.05) is 42.9 Å². The van der Waals surface area contributed by atoms with E-state index in [1.54, 1.807) is 14.1 Å². The lowest BCUT2D eigenvalue weighted by Gasteiger charge is -2.08. The van der Waals surface area contributed by atoms with Crippen molar-refractivity contribution in [1.82, 2.24) is 10.6 Å². The van der Waals surface area contributed by atoms with Crippen LogP contribution in [0.3, 0.4) is 0 Å². The molecule has 1 rings (SSSR count). The van der Waals surface area contributed by atoms with Crippen molar-refractivity contribution in [2.24, 2.45) is 4.99 Å². The Morgan fingerprint density at radius 2 is 2.06 bits per heavy atom. The third kappa shape index (κ3) is 5.49. The molecule has 0 saturated carbocycles. The van der Waals surface area contributed by atoms with Crippen molar-refractivity contribution < 1.29 is 4.21 Å². The van der Waals surface area contributed by atoms with Crippen LogP contribution in [-0.4, -0.2) is 36.6 Å². The molecule has 1 aromatic rings. The number of hydrogen-bond donors (Lipinski definition) is 2. The molecule has 1 unspecified atom stereocenters. The maximum atomic E-state index is 11.8. The van der Waals surface area contributed by atoms with Gasteiger partial charge in [-0.25, -0.2) is 0 Å². The SMILES string of the molecule is CN=C(NC)NCCS(=O)Cc1ccccc1. The Hall–Kier alpha value is -1.36. The van der Waals surface area contributed by atoms with Crippen molar-refractivity contribution in [2.75, 3.05) is 26.4 Å². The Morgan fingerprint density at radius 3 is 2.65 bits per heavy atom. The Bertz CT molecular complexity index is 379. The normalized spacial score (nSPS) is 13.2. The van der Waals surface area contributed by atoms with Gasteiger partial charge in [0.25, 0.3) is 0 Å². The molecule has 17 heavy (non-hydrogen) atoms. The quantitative estimate of drug-likeness (QED) is 0.601. The lowest BCUT2D eigenvalue weighted by atomic mass is 10.2. The second kappa shape index (κ2) is 7.84. The van der Waals surface area contributed by atoms with E-state index in [0.29, 0.717) is 18.1 Å². The van der Waals surface area contributed by atoms with E-state index in [-0.39, 0.29) is 0 Å². The van der Waals surface area contributed by atoms with Crippen molar-refractivity contribution >= 4 is 16.8 Å². The molecule has 0 spiro atoms. The summed E-state index contributed by atoms with van der Waals surface area (Å²) in [6, 6.07) is 9.89. The summed E-state index contributed by atoms with van der Waals surface area (Å²) in [7, 11) is 2.67. The van der Waals surface area contributed by atoms with Crippen LogP contribution >= 0.6 is 0 Å². The molecule has 0 bridgehead atoms. The summed E-state index contributed by atoms with van der Waals surface area (Å²) in [5.74, 6) is 1.96. The topological polar surface area (TPSA) is 53.5 Å². The highest BCUT2D eigenvalue weighted by atomic mass is 32.2. The maximum absolute atomic E-state index is 11.8. The van der Waals surface area contributed by atoms with Gasteiger partial charge >= 0.3 is 0 Å². The molecule has 2 N–H and O–H groups in total. The predicted octanol–water partition coefficient (Wildman–Crippen LogP) is 0.730. The first-order valence-electron chi connectivity index (χ1n) is 5.53. The van der Waals surface area contributed by atoms with Crippen LogP contribution in [0.5, 0.6) is 0 Å². The summed E-state index contributed by atoms with van der Waals surface area (Å²) in [5, 5.41) is 6.00. The van der Waals surface area contributed by atoms with Gasteiger partial charge < -0.3 is 10.6 Å². The number of hydrogen-bond acceptors (Lipinski definition) is 2. The molecule has 0 aliphatic carbocycles. The maximum Gasteiger partial charge on any atom is 0.190 e. The van der Waals surface area contributed by atoms with Crippen molar-refractivity contribution in [1.29, 1.82) is 0 Å². The minimum atomic E-state index is -0.837. The van der Waals surface area contributed by atoms with Crippen molar-refractivity contribution in [2.45, 2.75) is 5.75 Å². The first kappa shape index (κ1) is 13.7. The fourth-order valence-electron chi connectivity index (χ4n) is 1.39. The number of guanidine groups is 1. The molecule has 0 heterocycles. The van der Waals surface area contributed by atoms with Gasteiger partial charge in [0.1, 0.15) is 0 Å². The molecule has 0 aliphatic rings. The van der Waals surface area contributed by atoms with Crippen molar-refractivity contribution in [3.63, 3.8) is 0 Å². The van der Waals surface area contributed by atoms with Gasteiger partial charge in [-0.3, -0.25) is 9.20 Å². The van der Waals surface area contributed by atoms with Gasteiger partial charge in [-0.1, -0.05) is 30.3 Å². The number of nitrogens with zero attached hydrogens (tertiary/aromatic N) is 1. The third-order valence-electron chi connectivity index (χ3n) is 2.25. The van der Waals surface area contributed by atoms with Crippen molar-refractivity contribution in [3.05, 3.63) is 35.9 Å². The van der Waals surface area contributed by atoms with E-state index in [4.69, 9.17) is 0 Å². The number of rotatable bonds is 5. The van der Waals surface area contributed by atoms with Gasteiger partial charge in [0.15, 0.2) is 5.96 Å². The first-order chi connectivity index (χ1) is 8.26. The molecule has 94 valence electrons. The van der Waals surface area contributed by atoms with E-state index < -0.39 is 10.8 Å². The minimum absolute atomic E-state index is 0.612. The average Bonchev–Trinajstić information content (AvgIpc) is 2.36. The number of benzene rings is 1. The van der Waals surface area contributed by atoms with E-state index in [1.807, 2.05) is 30.3 Å².